The highest BCUT2D eigenvalue weighted by atomic mass is 32.2. The summed E-state index contributed by atoms with van der Waals surface area (Å²) >= 11 is 0. The van der Waals surface area contributed by atoms with Crippen LogP contribution in [0.5, 0.6) is 0 Å². The van der Waals surface area contributed by atoms with Gasteiger partial charge >= 0.3 is 0 Å². The molecule has 0 amide bonds. The van der Waals surface area contributed by atoms with Crippen molar-refractivity contribution in [3.63, 3.8) is 0 Å². The summed E-state index contributed by atoms with van der Waals surface area (Å²) in [5.41, 5.74) is 0.993. The van der Waals surface area contributed by atoms with Crippen LogP contribution in [0.2, 0.25) is 0 Å². The maximum atomic E-state index is 13.5. The average Bonchev–Trinajstić information content (AvgIpc) is 2.46. The Morgan fingerprint density at radius 3 is 2.71 bits per heavy atom. The zero-order chi connectivity index (χ0) is 15.3. The molecular weight excluding hydrogens is 295 g/mol. The molecule has 0 saturated carbocycles. The van der Waals surface area contributed by atoms with E-state index in [4.69, 9.17) is 4.74 Å². The molecule has 21 heavy (non-hydrogen) atoms. The lowest BCUT2D eigenvalue weighted by molar-refractivity contribution is 0.123. The van der Waals surface area contributed by atoms with Gasteiger partial charge in [-0.05, 0) is 18.6 Å². The molecule has 1 aliphatic heterocycles. The van der Waals surface area contributed by atoms with Gasteiger partial charge in [-0.3, -0.25) is 4.72 Å². The fourth-order valence-electron chi connectivity index (χ4n) is 2.22. The maximum absolute atomic E-state index is 13.5. The zero-order valence-electron chi connectivity index (χ0n) is 12.1. The number of morpholine rings is 1. The van der Waals surface area contributed by atoms with E-state index in [9.17, 15) is 12.8 Å². The highest BCUT2D eigenvalue weighted by molar-refractivity contribution is 7.92. The van der Waals surface area contributed by atoms with Crippen molar-refractivity contribution < 1.29 is 17.5 Å². The van der Waals surface area contributed by atoms with Crippen LogP contribution in [-0.2, 0) is 14.8 Å². The summed E-state index contributed by atoms with van der Waals surface area (Å²) in [6.45, 7) is 4.42. The second kappa shape index (κ2) is 7.09. The Bertz CT molecular complexity index is 572. The number of nitrogens with one attached hydrogen (secondary N) is 1. The van der Waals surface area contributed by atoms with Crippen LogP contribution in [0.4, 0.5) is 15.8 Å². The molecule has 0 radical (unpaired) electrons. The zero-order valence-corrected chi connectivity index (χ0v) is 13.0. The van der Waals surface area contributed by atoms with E-state index in [0.29, 0.717) is 44.1 Å². The molecule has 1 N–H and O–H groups in total. The third-order valence-corrected chi connectivity index (χ3v) is 4.70. The van der Waals surface area contributed by atoms with Gasteiger partial charge in [-0.1, -0.05) is 13.3 Å². The summed E-state index contributed by atoms with van der Waals surface area (Å²) in [4.78, 5) is 2.00. The number of ether oxygens (including phenoxy) is 1. The van der Waals surface area contributed by atoms with Crippen molar-refractivity contribution in [2.24, 2.45) is 0 Å². The Kier molecular flexibility index (Phi) is 5.41. The van der Waals surface area contributed by atoms with Gasteiger partial charge in [0.05, 0.1) is 30.3 Å². The van der Waals surface area contributed by atoms with Crippen LogP contribution >= 0.6 is 0 Å². The lowest BCUT2D eigenvalue weighted by Crippen LogP contribution is -2.36. The SMILES string of the molecule is CCCCS(=O)(=O)Nc1cc(F)ccc1N1CCOCC1. The lowest BCUT2D eigenvalue weighted by Gasteiger charge is -2.30. The molecule has 1 aliphatic rings. The first kappa shape index (κ1) is 16.0. The Hall–Kier alpha value is -1.34. The number of rotatable bonds is 6. The molecule has 0 aliphatic carbocycles. The predicted octanol–water partition coefficient (Wildman–Crippen LogP) is 2.20. The summed E-state index contributed by atoms with van der Waals surface area (Å²) in [6, 6.07) is 4.18. The smallest absolute Gasteiger partial charge is 0.232 e. The molecule has 0 unspecified atom stereocenters. The minimum Gasteiger partial charge on any atom is -0.378 e. The van der Waals surface area contributed by atoms with Gasteiger partial charge in [0.15, 0.2) is 0 Å². The number of nitrogens with zero attached hydrogens (tertiary/aromatic N) is 1. The summed E-state index contributed by atoms with van der Waals surface area (Å²) in [7, 11) is -3.45. The van der Waals surface area contributed by atoms with Crippen LogP contribution in [0.25, 0.3) is 0 Å². The number of anilines is 2. The first-order valence-corrected chi connectivity index (χ1v) is 8.80. The van der Waals surface area contributed by atoms with E-state index in [1.54, 1.807) is 6.07 Å². The molecule has 5 nitrogen and oxygen atoms in total. The molecule has 2 rings (SSSR count). The maximum Gasteiger partial charge on any atom is 0.232 e. The summed E-state index contributed by atoms with van der Waals surface area (Å²) < 4.78 is 45.3. The van der Waals surface area contributed by atoms with E-state index in [1.807, 2.05) is 11.8 Å². The van der Waals surface area contributed by atoms with Crippen molar-refractivity contribution in [2.45, 2.75) is 19.8 Å². The normalized spacial score (nSPS) is 16.0. The molecule has 1 fully saturated rings. The minimum absolute atomic E-state index is 0.0442. The van der Waals surface area contributed by atoms with Crippen LogP contribution in [0.1, 0.15) is 19.8 Å². The number of hydrogen-bond acceptors (Lipinski definition) is 4. The first-order valence-electron chi connectivity index (χ1n) is 7.14. The number of halogens is 1. The molecule has 1 saturated heterocycles. The van der Waals surface area contributed by atoms with E-state index in [0.717, 1.165) is 6.42 Å². The molecule has 7 heteroatoms. The third kappa shape index (κ3) is 4.57. The minimum atomic E-state index is -3.45. The van der Waals surface area contributed by atoms with Crippen molar-refractivity contribution in [1.29, 1.82) is 0 Å². The summed E-state index contributed by atoms with van der Waals surface area (Å²) in [6.07, 6.45) is 1.37. The van der Waals surface area contributed by atoms with Crippen molar-refractivity contribution in [1.82, 2.24) is 0 Å². The monoisotopic (exact) mass is 316 g/mol. The van der Waals surface area contributed by atoms with Crippen LogP contribution in [-0.4, -0.2) is 40.5 Å². The molecule has 1 aromatic rings. The van der Waals surface area contributed by atoms with Gasteiger partial charge in [-0.25, -0.2) is 12.8 Å². The fraction of sp³-hybridized carbons (Fsp3) is 0.571. The molecule has 118 valence electrons. The van der Waals surface area contributed by atoms with Crippen LogP contribution in [0.15, 0.2) is 18.2 Å². The van der Waals surface area contributed by atoms with Crippen LogP contribution < -0.4 is 9.62 Å². The molecule has 0 atom stereocenters. The number of benzene rings is 1. The first-order chi connectivity index (χ1) is 10.0. The molecule has 0 aromatic heterocycles. The molecule has 1 aromatic carbocycles. The quantitative estimate of drug-likeness (QED) is 0.874. The van der Waals surface area contributed by atoms with Crippen molar-refractivity contribution in [3.05, 3.63) is 24.0 Å². The number of sulfonamides is 1. The Morgan fingerprint density at radius 2 is 2.05 bits per heavy atom. The summed E-state index contributed by atoms with van der Waals surface area (Å²) in [5, 5.41) is 0. The van der Waals surface area contributed by atoms with E-state index in [2.05, 4.69) is 4.72 Å². The highest BCUT2D eigenvalue weighted by Crippen LogP contribution is 2.28. The van der Waals surface area contributed by atoms with Gasteiger partial charge in [-0.15, -0.1) is 0 Å². The van der Waals surface area contributed by atoms with Crippen molar-refractivity contribution >= 4 is 21.4 Å². The predicted molar refractivity (Wildman–Crippen MR) is 81.7 cm³/mol. The van der Waals surface area contributed by atoms with Crippen molar-refractivity contribution in [3.8, 4) is 0 Å². The van der Waals surface area contributed by atoms with E-state index in [1.165, 1.54) is 12.1 Å². The summed E-state index contributed by atoms with van der Waals surface area (Å²) in [5.74, 6) is -0.414. The topological polar surface area (TPSA) is 58.6 Å². The molecule has 0 spiro atoms. The van der Waals surface area contributed by atoms with E-state index in [-0.39, 0.29) is 5.75 Å². The highest BCUT2D eigenvalue weighted by Gasteiger charge is 2.18. The molecular formula is C14H21FN2O3S. The van der Waals surface area contributed by atoms with Gasteiger partial charge < -0.3 is 9.64 Å². The fourth-order valence-corrected chi connectivity index (χ4v) is 3.49. The molecule has 1 heterocycles. The van der Waals surface area contributed by atoms with Gasteiger partial charge in [0.1, 0.15) is 5.82 Å². The lowest BCUT2D eigenvalue weighted by atomic mass is 10.2. The molecule has 0 bridgehead atoms. The van der Waals surface area contributed by atoms with Crippen LogP contribution in [0, 0.1) is 5.82 Å². The van der Waals surface area contributed by atoms with E-state index < -0.39 is 15.8 Å². The average molecular weight is 316 g/mol. The Labute approximate surface area is 125 Å². The standard InChI is InChI=1S/C14H21FN2O3S/c1-2-3-10-21(18,19)16-13-11-12(15)4-5-14(13)17-6-8-20-9-7-17/h4-5,11,16H,2-3,6-10H2,1H3. The second-order valence-electron chi connectivity index (χ2n) is 5.04. The van der Waals surface area contributed by atoms with Gasteiger partial charge in [0.25, 0.3) is 0 Å². The number of hydrogen-bond donors (Lipinski definition) is 1. The van der Waals surface area contributed by atoms with E-state index >= 15 is 0 Å². The Balaban J connectivity index is 2.22. The van der Waals surface area contributed by atoms with Gasteiger partial charge in [-0.2, -0.15) is 0 Å². The second-order valence-corrected chi connectivity index (χ2v) is 6.88. The van der Waals surface area contributed by atoms with Crippen molar-refractivity contribution in [2.75, 3.05) is 41.7 Å². The third-order valence-electron chi connectivity index (χ3n) is 3.34. The largest absolute Gasteiger partial charge is 0.378 e. The number of unbranched alkanes of at least 4 members (excludes halogenated alkanes) is 1. The van der Waals surface area contributed by atoms with Gasteiger partial charge in [0, 0.05) is 19.2 Å². The van der Waals surface area contributed by atoms with Crippen LogP contribution in [0.3, 0.4) is 0 Å². The Morgan fingerprint density at radius 1 is 1.33 bits per heavy atom. The van der Waals surface area contributed by atoms with Gasteiger partial charge in [0.2, 0.25) is 10.0 Å².